The van der Waals surface area contributed by atoms with Crippen molar-refractivity contribution in [3.05, 3.63) is 35.1 Å². The molecule has 0 spiro atoms. The number of carboxylic acid groups (broad SMARTS) is 1. The van der Waals surface area contributed by atoms with Crippen LogP contribution in [0.25, 0.3) is 5.69 Å². The van der Waals surface area contributed by atoms with E-state index in [1.807, 2.05) is 13.8 Å². The average Bonchev–Trinajstić information content (AvgIpc) is 3.04. The predicted octanol–water partition coefficient (Wildman–Crippen LogP) is 1.79. The van der Waals surface area contributed by atoms with Crippen LogP contribution in [0, 0.1) is 11.8 Å². The first-order chi connectivity index (χ1) is 11.4. The standard InChI is InChI=1S/C15H18ClN5O3/c1-9(2)5-10(15(23)24)7-17-14(22)12-6-11(16)3-4-13(12)21-8-18-19-20-21/h3-4,6,8-10H,5,7H2,1-2H3,(H,17,22)(H,23,24). The van der Waals surface area contributed by atoms with Crippen molar-refractivity contribution in [2.24, 2.45) is 11.8 Å². The molecule has 1 amide bonds. The van der Waals surface area contributed by atoms with Crippen LogP contribution in [-0.4, -0.2) is 43.7 Å². The Morgan fingerprint density at radius 3 is 2.71 bits per heavy atom. The zero-order valence-corrected chi connectivity index (χ0v) is 14.1. The molecule has 1 unspecified atom stereocenters. The molecule has 2 aromatic rings. The zero-order chi connectivity index (χ0) is 17.7. The normalized spacial score (nSPS) is 12.2. The highest BCUT2D eigenvalue weighted by Gasteiger charge is 2.21. The second kappa shape index (κ2) is 7.87. The van der Waals surface area contributed by atoms with Crippen molar-refractivity contribution in [3.8, 4) is 5.69 Å². The lowest BCUT2D eigenvalue weighted by molar-refractivity contribution is -0.142. The molecule has 0 aliphatic heterocycles. The van der Waals surface area contributed by atoms with E-state index in [-0.39, 0.29) is 18.0 Å². The van der Waals surface area contributed by atoms with Crippen LogP contribution >= 0.6 is 11.6 Å². The van der Waals surface area contributed by atoms with E-state index in [9.17, 15) is 14.7 Å². The van der Waals surface area contributed by atoms with Gasteiger partial charge in [0.2, 0.25) is 0 Å². The summed E-state index contributed by atoms with van der Waals surface area (Å²) in [6.45, 7) is 3.91. The summed E-state index contributed by atoms with van der Waals surface area (Å²) in [5, 5.41) is 23.1. The molecule has 0 radical (unpaired) electrons. The summed E-state index contributed by atoms with van der Waals surface area (Å²) < 4.78 is 1.34. The second-order valence-electron chi connectivity index (χ2n) is 5.79. The van der Waals surface area contributed by atoms with E-state index in [0.717, 1.165) is 0 Å². The zero-order valence-electron chi connectivity index (χ0n) is 13.3. The average molecular weight is 352 g/mol. The summed E-state index contributed by atoms with van der Waals surface area (Å²) in [4.78, 5) is 23.8. The molecule has 9 heteroatoms. The largest absolute Gasteiger partial charge is 0.481 e. The molecule has 8 nitrogen and oxygen atoms in total. The fourth-order valence-electron chi connectivity index (χ4n) is 2.31. The van der Waals surface area contributed by atoms with Gasteiger partial charge < -0.3 is 10.4 Å². The van der Waals surface area contributed by atoms with Gasteiger partial charge in [0.25, 0.3) is 5.91 Å². The Morgan fingerprint density at radius 1 is 1.38 bits per heavy atom. The number of aliphatic carboxylic acids is 1. The van der Waals surface area contributed by atoms with Gasteiger partial charge in [0.05, 0.1) is 17.2 Å². The summed E-state index contributed by atoms with van der Waals surface area (Å²) >= 11 is 5.97. The molecule has 0 bridgehead atoms. The summed E-state index contributed by atoms with van der Waals surface area (Å²) in [6, 6.07) is 4.73. The Hall–Kier alpha value is -2.48. The number of rotatable bonds is 7. The van der Waals surface area contributed by atoms with Crippen molar-refractivity contribution in [1.82, 2.24) is 25.5 Å². The van der Waals surface area contributed by atoms with Gasteiger partial charge in [-0.3, -0.25) is 9.59 Å². The minimum Gasteiger partial charge on any atom is -0.481 e. The highest BCUT2D eigenvalue weighted by atomic mass is 35.5. The number of aromatic nitrogens is 4. The van der Waals surface area contributed by atoms with Gasteiger partial charge in [-0.1, -0.05) is 25.4 Å². The number of amides is 1. The number of carbonyl (C=O) groups excluding carboxylic acids is 1. The first-order valence-electron chi connectivity index (χ1n) is 7.42. The van der Waals surface area contributed by atoms with E-state index in [2.05, 4.69) is 20.8 Å². The van der Waals surface area contributed by atoms with Gasteiger partial charge in [-0.05, 0) is 41.0 Å². The predicted molar refractivity (Wildman–Crippen MR) is 87.1 cm³/mol. The van der Waals surface area contributed by atoms with E-state index < -0.39 is 17.8 Å². The van der Waals surface area contributed by atoms with Gasteiger partial charge >= 0.3 is 5.97 Å². The molecule has 24 heavy (non-hydrogen) atoms. The van der Waals surface area contributed by atoms with E-state index >= 15 is 0 Å². The number of nitrogens with one attached hydrogen (secondary N) is 1. The third-order valence-electron chi connectivity index (χ3n) is 3.41. The van der Waals surface area contributed by atoms with E-state index in [0.29, 0.717) is 17.1 Å². The molecule has 0 saturated carbocycles. The summed E-state index contributed by atoms with van der Waals surface area (Å²) in [5.41, 5.74) is 0.723. The number of carbonyl (C=O) groups is 2. The smallest absolute Gasteiger partial charge is 0.308 e. The third-order valence-corrected chi connectivity index (χ3v) is 3.65. The monoisotopic (exact) mass is 351 g/mol. The highest BCUT2D eigenvalue weighted by Crippen LogP contribution is 2.19. The number of hydrogen-bond acceptors (Lipinski definition) is 5. The molecule has 1 atom stereocenters. The maximum absolute atomic E-state index is 12.5. The Labute approximate surface area is 143 Å². The number of carboxylic acids is 1. The summed E-state index contributed by atoms with van der Waals surface area (Å²) in [7, 11) is 0. The molecule has 1 heterocycles. The molecular weight excluding hydrogens is 334 g/mol. The maximum Gasteiger partial charge on any atom is 0.308 e. The van der Waals surface area contributed by atoms with Gasteiger partial charge in [0.15, 0.2) is 0 Å². The van der Waals surface area contributed by atoms with Crippen molar-refractivity contribution in [1.29, 1.82) is 0 Å². The number of halogens is 1. The Kier molecular flexibility index (Phi) is 5.86. The molecule has 1 aromatic heterocycles. The SMILES string of the molecule is CC(C)CC(CNC(=O)c1cc(Cl)ccc1-n1cnnn1)C(=O)O. The van der Waals surface area contributed by atoms with Crippen LogP contribution in [0.2, 0.25) is 5.02 Å². The van der Waals surface area contributed by atoms with Gasteiger partial charge in [-0.15, -0.1) is 5.10 Å². The number of nitrogens with zero attached hydrogens (tertiary/aromatic N) is 4. The topological polar surface area (TPSA) is 110 Å². The van der Waals surface area contributed by atoms with E-state index in [1.165, 1.54) is 17.1 Å². The number of hydrogen-bond donors (Lipinski definition) is 2. The van der Waals surface area contributed by atoms with Crippen LogP contribution in [0.4, 0.5) is 0 Å². The lowest BCUT2D eigenvalue weighted by Crippen LogP contribution is -2.34. The molecule has 128 valence electrons. The Balaban J connectivity index is 2.17. The van der Waals surface area contributed by atoms with Crippen LogP contribution in [0.5, 0.6) is 0 Å². The Bertz CT molecular complexity index is 718. The van der Waals surface area contributed by atoms with Crippen LogP contribution in [0.15, 0.2) is 24.5 Å². The van der Waals surface area contributed by atoms with Crippen molar-refractivity contribution >= 4 is 23.5 Å². The lowest BCUT2D eigenvalue weighted by Gasteiger charge is -2.16. The molecule has 0 aliphatic carbocycles. The van der Waals surface area contributed by atoms with E-state index in [1.54, 1.807) is 12.1 Å². The fourth-order valence-corrected chi connectivity index (χ4v) is 2.49. The van der Waals surface area contributed by atoms with Crippen molar-refractivity contribution in [3.63, 3.8) is 0 Å². The minimum absolute atomic E-state index is 0.0356. The molecular formula is C15H18ClN5O3. The van der Waals surface area contributed by atoms with Crippen LogP contribution in [0.3, 0.4) is 0 Å². The maximum atomic E-state index is 12.5. The molecule has 0 saturated heterocycles. The number of benzene rings is 1. The van der Waals surface area contributed by atoms with Crippen molar-refractivity contribution in [2.45, 2.75) is 20.3 Å². The number of tetrazole rings is 1. The molecule has 2 rings (SSSR count). The molecule has 0 aliphatic rings. The first-order valence-corrected chi connectivity index (χ1v) is 7.80. The first kappa shape index (κ1) is 17.9. The second-order valence-corrected chi connectivity index (χ2v) is 6.23. The highest BCUT2D eigenvalue weighted by molar-refractivity contribution is 6.31. The van der Waals surface area contributed by atoms with Crippen LogP contribution < -0.4 is 5.32 Å². The molecule has 0 fully saturated rings. The summed E-state index contributed by atoms with van der Waals surface area (Å²) in [6.07, 6.45) is 1.84. The van der Waals surface area contributed by atoms with Crippen molar-refractivity contribution < 1.29 is 14.7 Å². The van der Waals surface area contributed by atoms with Gasteiger partial charge in [-0.25, -0.2) is 0 Å². The quantitative estimate of drug-likeness (QED) is 0.787. The fraction of sp³-hybridized carbons (Fsp3) is 0.400. The Morgan fingerprint density at radius 2 is 2.12 bits per heavy atom. The van der Waals surface area contributed by atoms with Crippen molar-refractivity contribution in [2.75, 3.05) is 6.54 Å². The molecule has 1 aromatic carbocycles. The van der Waals surface area contributed by atoms with Gasteiger partial charge in [-0.2, -0.15) is 4.68 Å². The minimum atomic E-state index is -0.934. The van der Waals surface area contributed by atoms with E-state index in [4.69, 9.17) is 11.6 Å². The van der Waals surface area contributed by atoms with Crippen LogP contribution in [-0.2, 0) is 4.79 Å². The lowest BCUT2D eigenvalue weighted by atomic mass is 9.97. The van der Waals surface area contributed by atoms with Gasteiger partial charge in [0, 0.05) is 11.6 Å². The third kappa shape index (κ3) is 4.51. The van der Waals surface area contributed by atoms with Gasteiger partial charge in [0.1, 0.15) is 6.33 Å². The summed E-state index contributed by atoms with van der Waals surface area (Å²) in [5.74, 6) is -1.80. The van der Waals surface area contributed by atoms with Crippen LogP contribution in [0.1, 0.15) is 30.6 Å². The molecule has 2 N–H and O–H groups in total.